The van der Waals surface area contributed by atoms with Crippen molar-refractivity contribution in [1.82, 2.24) is 0 Å². The largest absolute Gasteiger partial charge is 0.424 e. The molecule has 0 aliphatic heterocycles. The lowest BCUT2D eigenvalue weighted by Gasteiger charge is -2.14. The van der Waals surface area contributed by atoms with E-state index in [-0.39, 0.29) is 6.42 Å². The summed E-state index contributed by atoms with van der Waals surface area (Å²) in [4.78, 5) is 11.3. The number of benzene rings is 1. The van der Waals surface area contributed by atoms with Crippen LogP contribution in [0.15, 0.2) is 43.0 Å². The minimum Gasteiger partial charge on any atom is -0.424 e. The Morgan fingerprint density at radius 1 is 1.53 bits per heavy atom. The highest BCUT2D eigenvalue weighted by Crippen LogP contribution is 2.27. The van der Waals surface area contributed by atoms with Crippen molar-refractivity contribution in [2.45, 2.75) is 11.0 Å². The molecule has 1 aromatic rings. The molecule has 0 saturated carbocycles. The van der Waals surface area contributed by atoms with Crippen LogP contribution in [0.5, 0.6) is 5.75 Å². The Labute approximate surface area is 95.9 Å². The van der Waals surface area contributed by atoms with Crippen molar-refractivity contribution in [2.75, 3.05) is 0 Å². The second kappa shape index (κ2) is 5.07. The summed E-state index contributed by atoms with van der Waals surface area (Å²) in [6, 6.07) is 8.33. The Kier molecular flexibility index (Phi) is 4.03. The van der Waals surface area contributed by atoms with Crippen LogP contribution in [-0.2, 0) is 4.79 Å². The zero-order valence-electron chi connectivity index (χ0n) is 7.95. The van der Waals surface area contributed by atoms with Gasteiger partial charge in [-0.3, -0.25) is 0 Å². The number of para-hydroxylation sites is 1. The van der Waals surface area contributed by atoms with E-state index in [1.165, 1.54) is 6.08 Å². The zero-order valence-corrected chi connectivity index (χ0v) is 9.54. The van der Waals surface area contributed by atoms with Gasteiger partial charge in [-0.25, -0.2) is 9.18 Å². The summed E-state index contributed by atoms with van der Waals surface area (Å²) in [7, 11) is 0. The summed E-state index contributed by atoms with van der Waals surface area (Å²) in [5, 5.41) is 0. The van der Waals surface area contributed by atoms with Crippen LogP contribution < -0.4 is 4.74 Å². The molecule has 0 aliphatic carbocycles. The number of halogens is 2. The van der Waals surface area contributed by atoms with Crippen LogP contribution in [0, 0.1) is 0 Å². The first-order valence-corrected chi connectivity index (χ1v) is 5.11. The average molecular weight is 273 g/mol. The fourth-order valence-corrected chi connectivity index (χ4v) is 1.24. The minimum atomic E-state index is -2.20. The second-order valence-electron chi connectivity index (χ2n) is 2.90. The van der Waals surface area contributed by atoms with Crippen LogP contribution in [0.2, 0.25) is 0 Å². The highest BCUT2D eigenvalue weighted by atomic mass is 79.9. The van der Waals surface area contributed by atoms with E-state index in [2.05, 4.69) is 22.5 Å². The number of carbonyl (C=O) groups is 1. The van der Waals surface area contributed by atoms with Crippen molar-refractivity contribution in [3.8, 4) is 5.75 Å². The molecule has 15 heavy (non-hydrogen) atoms. The van der Waals surface area contributed by atoms with Gasteiger partial charge in [0, 0.05) is 6.42 Å². The van der Waals surface area contributed by atoms with Gasteiger partial charge in [-0.2, -0.15) is 0 Å². The molecule has 0 aliphatic rings. The fourth-order valence-electron chi connectivity index (χ4n) is 0.935. The molecule has 0 heterocycles. The third-order valence-corrected chi connectivity index (χ3v) is 2.30. The molecular formula is C11H10BrFO2. The predicted molar refractivity (Wildman–Crippen MR) is 59.7 cm³/mol. The van der Waals surface area contributed by atoms with Gasteiger partial charge in [0.15, 0.2) is 0 Å². The van der Waals surface area contributed by atoms with Crippen molar-refractivity contribution < 1.29 is 13.9 Å². The maximum atomic E-state index is 13.5. The molecule has 0 aromatic heterocycles. The molecule has 1 atom stereocenters. The molecule has 4 heteroatoms. The van der Waals surface area contributed by atoms with Crippen molar-refractivity contribution in [2.24, 2.45) is 0 Å². The smallest absolute Gasteiger partial charge is 0.360 e. The highest BCUT2D eigenvalue weighted by Gasteiger charge is 2.36. The molecule has 2 nitrogen and oxygen atoms in total. The second-order valence-corrected chi connectivity index (χ2v) is 4.16. The maximum absolute atomic E-state index is 13.5. The molecule has 1 rings (SSSR count). The van der Waals surface area contributed by atoms with E-state index >= 15 is 0 Å². The first-order valence-electron chi connectivity index (χ1n) is 4.32. The summed E-state index contributed by atoms with van der Waals surface area (Å²) < 4.78 is 16.2. The van der Waals surface area contributed by atoms with Gasteiger partial charge in [-0.1, -0.05) is 24.3 Å². The minimum absolute atomic E-state index is 0.140. The Morgan fingerprint density at radius 3 is 2.67 bits per heavy atom. The molecule has 0 radical (unpaired) electrons. The molecule has 0 saturated heterocycles. The van der Waals surface area contributed by atoms with Gasteiger partial charge < -0.3 is 4.74 Å². The number of hydrogen-bond acceptors (Lipinski definition) is 2. The van der Waals surface area contributed by atoms with Crippen molar-refractivity contribution >= 4 is 21.9 Å². The highest BCUT2D eigenvalue weighted by molar-refractivity contribution is 9.10. The van der Waals surface area contributed by atoms with Crippen molar-refractivity contribution in [3.05, 3.63) is 43.0 Å². The number of carbonyl (C=O) groups excluding carboxylic acids is 1. The molecule has 0 bridgehead atoms. The number of esters is 1. The van der Waals surface area contributed by atoms with Gasteiger partial charge in [-0.15, -0.1) is 6.58 Å². The molecular weight excluding hydrogens is 263 g/mol. The van der Waals surface area contributed by atoms with E-state index in [9.17, 15) is 9.18 Å². The third kappa shape index (κ3) is 3.47. The molecule has 0 fully saturated rings. The maximum Gasteiger partial charge on any atom is 0.360 e. The molecule has 1 unspecified atom stereocenters. The summed E-state index contributed by atoms with van der Waals surface area (Å²) >= 11 is 2.65. The number of allylic oxidation sites excluding steroid dienone is 1. The Morgan fingerprint density at radius 2 is 2.13 bits per heavy atom. The van der Waals surface area contributed by atoms with Gasteiger partial charge in [0.25, 0.3) is 4.58 Å². The van der Waals surface area contributed by atoms with E-state index in [4.69, 9.17) is 4.74 Å². The molecule has 80 valence electrons. The summed E-state index contributed by atoms with van der Waals surface area (Å²) in [5.41, 5.74) is 0. The van der Waals surface area contributed by atoms with E-state index < -0.39 is 10.5 Å². The summed E-state index contributed by atoms with van der Waals surface area (Å²) in [5.74, 6) is -0.665. The number of ether oxygens (including phenoxy) is 1. The fraction of sp³-hybridized carbons (Fsp3) is 0.182. The number of hydrogen-bond donors (Lipinski definition) is 0. The first-order chi connectivity index (χ1) is 7.06. The van der Waals surface area contributed by atoms with Crippen molar-refractivity contribution in [3.63, 3.8) is 0 Å². The topological polar surface area (TPSA) is 26.3 Å². The Bertz CT molecular complexity index is 349. The van der Waals surface area contributed by atoms with Gasteiger partial charge in [0.1, 0.15) is 5.75 Å². The van der Waals surface area contributed by atoms with E-state index in [1.807, 2.05) is 0 Å². The van der Waals surface area contributed by atoms with E-state index in [1.54, 1.807) is 30.3 Å². The average Bonchev–Trinajstić information content (AvgIpc) is 2.19. The van der Waals surface area contributed by atoms with E-state index in [0.29, 0.717) is 5.75 Å². The molecule has 0 N–H and O–H groups in total. The van der Waals surface area contributed by atoms with E-state index in [0.717, 1.165) is 0 Å². The van der Waals surface area contributed by atoms with Gasteiger partial charge in [-0.05, 0) is 28.1 Å². The van der Waals surface area contributed by atoms with Gasteiger partial charge >= 0.3 is 5.97 Å². The van der Waals surface area contributed by atoms with Crippen LogP contribution in [0.1, 0.15) is 6.42 Å². The Hall–Kier alpha value is -1.16. The number of rotatable bonds is 4. The zero-order chi connectivity index (χ0) is 11.3. The summed E-state index contributed by atoms with van der Waals surface area (Å²) in [6.07, 6.45) is 1.17. The normalized spacial score (nSPS) is 14.0. The lowest BCUT2D eigenvalue weighted by molar-refractivity contribution is -0.141. The van der Waals surface area contributed by atoms with Crippen LogP contribution in [0.3, 0.4) is 0 Å². The SMILES string of the molecule is C=CCC(F)(Br)C(=O)Oc1ccccc1. The van der Waals surface area contributed by atoms with Gasteiger partial charge in [0.2, 0.25) is 0 Å². The molecule has 0 spiro atoms. The third-order valence-electron chi connectivity index (χ3n) is 1.65. The lowest BCUT2D eigenvalue weighted by Crippen LogP contribution is -2.30. The summed E-state index contributed by atoms with van der Waals surface area (Å²) in [6.45, 7) is 3.36. The lowest BCUT2D eigenvalue weighted by atomic mass is 10.3. The number of alkyl halides is 2. The van der Waals surface area contributed by atoms with Gasteiger partial charge in [0.05, 0.1) is 0 Å². The Balaban J connectivity index is 2.67. The standard InChI is InChI=1S/C11H10BrFO2/c1-2-8-11(12,13)10(14)15-9-6-4-3-5-7-9/h2-7H,1,8H2. The molecule has 1 aromatic carbocycles. The monoisotopic (exact) mass is 272 g/mol. The molecule has 0 amide bonds. The quantitative estimate of drug-likeness (QED) is 0.364. The first kappa shape index (κ1) is 11.9. The predicted octanol–water partition coefficient (Wildman–Crippen LogP) is 3.23. The van der Waals surface area contributed by atoms with Crippen molar-refractivity contribution in [1.29, 1.82) is 0 Å². The van der Waals surface area contributed by atoms with Crippen LogP contribution in [0.4, 0.5) is 4.39 Å². The van der Waals surface area contributed by atoms with Crippen LogP contribution >= 0.6 is 15.9 Å². The van der Waals surface area contributed by atoms with Crippen LogP contribution in [0.25, 0.3) is 0 Å². The van der Waals surface area contributed by atoms with Crippen LogP contribution in [-0.4, -0.2) is 10.5 Å².